The van der Waals surface area contributed by atoms with Crippen molar-refractivity contribution in [3.8, 4) is 0 Å². The Labute approximate surface area is 163 Å². The maximum Gasteiger partial charge on any atom is 0.220 e. The van der Waals surface area contributed by atoms with Gasteiger partial charge in [-0.1, -0.05) is 42.5 Å². The molecule has 0 bridgehead atoms. The predicted octanol–water partition coefficient (Wildman–Crippen LogP) is 3.46. The SMILES string of the molecule is C[C@@H]1CCCN1CCc1ccc(C2=CCC(S(=O)(=O)N3CCC3)C=C2)cc1. The molecule has 146 valence electrons. The Morgan fingerprint density at radius 1 is 1.07 bits per heavy atom. The average Bonchev–Trinajstić information content (AvgIpc) is 3.04. The summed E-state index contributed by atoms with van der Waals surface area (Å²) in [7, 11) is -3.16. The second-order valence-corrected chi connectivity index (χ2v) is 10.2. The third-order valence-electron chi connectivity index (χ3n) is 6.28. The zero-order valence-electron chi connectivity index (χ0n) is 16.2. The maximum atomic E-state index is 12.5. The van der Waals surface area contributed by atoms with Crippen LogP contribution in [0.1, 0.15) is 43.7 Å². The van der Waals surface area contributed by atoms with Crippen molar-refractivity contribution >= 4 is 15.6 Å². The first kappa shape index (κ1) is 18.9. The molecule has 1 aromatic rings. The van der Waals surface area contributed by atoms with E-state index in [0.29, 0.717) is 19.5 Å². The summed E-state index contributed by atoms with van der Waals surface area (Å²) < 4.78 is 26.6. The molecule has 1 aliphatic carbocycles. The van der Waals surface area contributed by atoms with E-state index in [2.05, 4.69) is 42.2 Å². The van der Waals surface area contributed by atoms with Crippen LogP contribution in [-0.4, -0.2) is 55.1 Å². The zero-order valence-corrected chi connectivity index (χ0v) is 17.0. The van der Waals surface area contributed by atoms with Crippen molar-refractivity contribution in [2.45, 2.75) is 50.3 Å². The van der Waals surface area contributed by atoms with E-state index >= 15 is 0 Å². The summed E-state index contributed by atoms with van der Waals surface area (Å²) in [4.78, 5) is 2.58. The number of hydrogen-bond acceptors (Lipinski definition) is 3. The van der Waals surface area contributed by atoms with Crippen molar-refractivity contribution in [2.75, 3.05) is 26.2 Å². The molecule has 0 saturated carbocycles. The molecule has 3 aliphatic rings. The Kier molecular flexibility index (Phi) is 5.53. The number of likely N-dealkylation sites (tertiary alicyclic amines) is 1. The molecular weight excluding hydrogens is 356 g/mol. The van der Waals surface area contributed by atoms with Crippen LogP contribution in [0, 0.1) is 0 Å². The molecule has 0 amide bonds. The van der Waals surface area contributed by atoms with Crippen LogP contribution in [0.4, 0.5) is 0 Å². The lowest BCUT2D eigenvalue weighted by molar-refractivity contribution is 0.272. The van der Waals surface area contributed by atoms with Crippen LogP contribution in [0.15, 0.2) is 42.5 Å². The number of nitrogens with zero attached hydrogens (tertiary/aromatic N) is 2. The molecular formula is C22H30N2O2S. The Hall–Kier alpha value is -1.43. The number of allylic oxidation sites excluding steroid dienone is 3. The lowest BCUT2D eigenvalue weighted by Gasteiger charge is -2.33. The Balaban J connectivity index is 1.35. The minimum absolute atomic E-state index is 0.400. The summed E-state index contributed by atoms with van der Waals surface area (Å²) in [5.74, 6) is 0. The first-order valence-corrected chi connectivity index (χ1v) is 11.7. The summed E-state index contributed by atoms with van der Waals surface area (Å²) >= 11 is 0. The van der Waals surface area contributed by atoms with E-state index in [0.717, 1.165) is 31.0 Å². The molecule has 2 aliphatic heterocycles. The smallest absolute Gasteiger partial charge is 0.220 e. The largest absolute Gasteiger partial charge is 0.300 e. The number of sulfonamides is 1. The van der Waals surface area contributed by atoms with Gasteiger partial charge in [0.05, 0.1) is 5.25 Å². The van der Waals surface area contributed by atoms with Crippen molar-refractivity contribution in [3.05, 3.63) is 53.6 Å². The van der Waals surface area contributed by atoms with Crippen LogP contribution < -0.4 is 0 Å². The van der Waals surface area contributed by atoms with Gasteiger partial charge in [-0.25, -0.2) is 12.7 Å². The van der Waals surface area contributed by atoms with Crippen LogP contribution in [0.3, 0.4) is 0 Å². The Bertz CT molecular complexity index is 822. The molecule has 4 nitrogen and oxygen atoms in total. The number of benzene rings is 1. The summed E-state index contributed by atoms with van der Waals surface area (Å²) in [6, 6.07) is 9.50. The molecule has 4 rings (SSSR count). The standard InChI is InChI=1S/C22H30N2O2S/c1-18-4-2-14-23(18)17-13-19-5-7-20(8-6-19)21-9-11-22(12-10-21)27(25,26)24-15-3-16-24/h5-11,18,22H,2-4,12-17H2,1H3/t18-,22?/m1/s1. The molecule has 27 heavy (non-hydrogen) atoms. The average molecular weight is 387 g/mol. The Morgan fingerprint density at radius 3 is 2.41 bits per heavy atom. The van der Waals surface area contributed by atoms with Crippen LogP contribution in [-0.2, 0) is 16.4 Å². The fourth-order valence-corrected chi connectivity index (χ4v) is 6.00. The minimum atomic E-state index is -3.16. The molecule has 2 fully saturated rings. The molecule has 2 heterocycles. The first-order valence-electron chi connectivity index (χ1n) is 10.2. The molecule has 0 aromatic heterocycles. The zero-order chi connectivity index (χ0) is 18.9. The van der Waals surface area contributed by atoms with Gasteiger partial charge in [-0.15, -0.1) is 0 Å². The lowest BCUT2D eigenvalue weighted by Crippen LogP contribution is -2.46. The third kappa shape index (κ3) is 4.05. The molecule has 1 unspecified atom stereocenters. The van der Waals surface area contributed by atoms with Gasteiger partial charge in [0.25, 0.3) is 0 Å². The van der Waals surface area contributed by atoms with Gasteiger partial charge >= 0.3 is 0 Å². The number of hydrogen-bond donors (Lipinski definition) is 0. The highest BCUT2D eigenvalue weighted by Gasteiger charge is 2.34. The van der Waals surface area contributed by atoms with Gasteiger partial charge < -0.3 is 4.90 Å². The normalized spacial score (nSPS) is 26.8. The van der Waals surface area contributed by atoms with Gasteiger partial charge in [0.1, 0.15) is 0 Å². The van der Waals surface area contributed by atoms with Crippen molar-refractivity contribution in [1.82, 2.24) is 9.21 Å². The monoisotopic (exact) mass is 386 g/mol. The topological polar surface area (TPSA) is 40.6 Å². The fourth-order valence-electron chi connectivity index (χ4n) is 4.23. The van der Waals surface area contributed by atoms with Gasteiger partial charge in [-0.3, -0.25) is 0 Å². The minimum Gasteiger partial charge on any atom is -0.300 e. The second kappa shape index (κ2) is 7.90. The summed E-state index contributed by atoms with van der Waals surface area (Å²) in [5.41, 5.74) is 3.67. The quantitative estimate of drug-likeness (QED) is 0.752. The van der Waals surface area contributed by atoms with Gasteiger partial charge in [0.2, 0.25) is 10.0 Å². The van der Waals surface area contributed by atoms with E-state index < -0.39 is 15.3 Å². The molecule has 0 spiro atoms. The van der Waals surface area contributed by atoms with Gasteiger partial charge in [0.15, 0.2) is 0 Å². The van der Waals surface area contributed by atoms with Crippen molar-refractivity contribution in [1.29, 1.82) is 0 Å². The van der Waals surface area contributed by atoms with E-state index in [4.69, 9.17) is 0 Å². The van der Waals surface area contributed by atoms with E-state index in [1.807, 2.05) is 12.2 Å². The molecule has 2 saturated heterocycles. The van der Waals surface area contributed by atoms with Gasteiger partial charge in [0, 0.05) is 25.7 Å². The highest BCUT2D eigenvalue weighted by atomic mass is 32.2. The van der Waals surface area contributed by atoms with Crippen molar-refractivity contribution in [3.63, 3.8) is 0 Å². The van der Waals surface area contributed by atoms with E-state index in [-0.39, 0.29) is 0 Å². The summed E-state index contributed by atoms with van der Waals surface area (Å²) in [6.45, 7) is 6.06. The number of rotatable bonds is 6. The van der Waals surface area contributed by atoms with E-state index in [9.17, 15) is 8.42 Å². The highest BCUT2D eigenvalue weighted by Crippen LogP contribution is 2.28. The summed E-state index contributed by atoms with van der Waals surface area (Å²) in [6.07, 6.45) is 11.2. The van der Waals surface area contributed by atoms with E-state index in [1.165, 1.54) is 30.5 Å². The second-order valence-electron chi connectivity index (χ2n) is 8.06. The van der Waals surface area contributed by atoms with Crippen LogP contribution >= 0.6 is 0 Å². The lowest BCUT2D eigenvalue weighted by atomic mass is 9.98. The predicted molar refractivity (Wildman–Crippen MR) is 111 cm³/mol. The van der Waals surface area contributed by atoms with Crippen molar-refractivity contribution in [2.24, 2.45) is 0 Å². The molecule has 5 heteroatoms. The summed E-state index contributed by atoms with van der Waals surface area (Å²) in [5, 5.41) is -0.400. The van der Waals surface area contributed by atoms with Gasteiger partial charge in [-0.05, 0) is 62.3 Å². The molecule has 0 N–H and O–H groups in total. The van der Waals surface area contributed by atoms with Gasteiger partial charge in [-0.2, -0.15) is 0 Å². The van der Waals surface area contributed by atoms with Crippen molar-refractivity contribution < 1.29 is 8.42 Å². The maximum absolute atomic E-state index is 12.5. The molecule has 0 radical (unpaired) electrons. The van der Waals surface area contributed by atoms with Crippen LogP contribution in [0.2, 0.25) is 0 Å². The first-order chi connectivity index (χ1) is 13.0. The van der Waals surface area contributed by atoms with Crippen LogP contribution in [0.5, 0.6) is 0 Å². The third-order valence-corrected chi connectivity index (χ3v) is 8.48. The molecule has 1 aromatic carbocycles. The highest BCUT2D eigenvalue weighted by molar-refractivity contribution is 7.90. The van der Waals surface area contributed by atoms with Crippen LogP contribution in [0.25, 0.3) is 5.57 Å². The fraction of sp³-hybridized carbons (Fsp3) is 0.545. The Morgan fingerprint density at radius 2 is 1.85 bits per heavy atom. The molecule has 2 atom stereocenters. The van der Waals surface area contributed by atoms with E-state index in [1.54, 1.807) is 4.31 Å².